The molecule has 2 aromatic carbocycles. The quantitative estimate of drug-likeness (QED) is 0.680. The lowest BCUT2D eigenvalue weighted by atomic mass is 10.0. The molecule has 0 heterocycles. The Kier molecular flexibility index (Phi) is 5.98. The lowest BCUT2D eigenvalue weighted by Crippen LogP contribution is -2.19. The fourth-order valence-corrected chi connectivity index (χ4v) is 2.87. The van der Waals surface area contributed by atoms with Crippen molar-refractivity contribution < 1.29 is 13.2 Å². The van der Waals surface area contributed by atoms with Crippen LogP contribution in [0.3, 0.4) is 0 Å². The van der Waals surface area contributed by atoms with Crippen LogP contribution in [0.1, 0.15) is 37.5 Å². The number of hydrogen-bond donors (Lipinski definition) is 2. The second-order valence-corrected chi connectivity index (χ2v) is 6.83. The van der Waals surface area contributed by atoms with E-state index in [4.69, 9.17) is 0 Å². The van der Waals surface area contributed by atoms with Crippen molar-refractivity contribution in [1.29, 1.82) is 0 Å². The van der Waals surface area contributed by atoms with Crippen LogP contribution in [0.25, 0.3) is 0 Å². The van der Waals surface area contributed by atoms with Crippen LogP contribution < -0.4 is 10.6 Å². The van der Waals surface area contributed by atoms with Crippen molar-refractivity contribution in [2.75, 3.05) is 10.6 Å². The van der Waals surface area contributed by atoms with E-state index in [1.807, 2.05) is 13.8 Å². The van der Waals surface area contributed by atoms with Crippen LogP contribution in [0.15, 0.2) is 42.5 Å². The molecule has 5 heteroatoms. The third-order valence-electron chi connectivity index (χ3n) is 3.74. The number of rotatable bonds is 6. The van der Waals surface area contributed by atoms with Gasteiger partial charge in [0.25, 0.3) is 0 Å². The van der Waals surface area contributed by atoms with Gasteiger partial charge in [0.2, 0.25) is 0 Å². The second-order valence-electron chi connectivity index (χ2n) is 6.83. The van der Waals surface area contributed by atoms with Crippen LogP contribution in [-0.4, -0.2) is 12.1 Å². The van der Waals surface area contributed by atoms with Gasteiger partial charge in [0.1, 0.15) is 0 Å². The topological polar surface area (TPSA) is 24.1 Å². The van der Waals surface area contributed by atoms with Crippen molar-refractivity contribution in [3.63, 3.8) is 0 Å². The van der Waals surface area contributed by atoms with Gasteiger partial charge >= 0.3 is 6.18 Å². The largest absolute Gasteiger partial charge is 0.416 e. The van der Waals surface area contributed by atoms with Gasteiger partial charge in [0.05, 0.1) is 5.56 Å². The molecule has 0 amide bonds. The van der Waals surface area contributed by atoms with Gasteiger partial charge < -0.3 is 10.6 Å². The van der Waals surface area contributed by atoms with Gasteiger partial charge in [-0.25, -0.2) is 0 Å². The first-order chi connectivity index (χ1) is 11.6. The molecule has 1 unspecified atom stereocenters. The normalized spacial score (nSPS) is 13.0. The zero-order valence-electron chi connectivity index (χ0n) is 15.0. The summed E-state index contributed by atoms with van der Waals surface area (Å²) in [6.07, 6.45) is -3.60. The molecule has 0 aliphatic rings. The van der Waals surface area contributed by atoms with Crippen LogP contribution in [0.5, 0.6) is 0 Å². The van der Waals surface area contributed by atoms with E-state index in [1.165, 1.54) is 6.07 Å². The maximum Gasteiger partial charge on any atom is 0.416 e. The van der Waals surface area contributed by atoms with Crippen molar-refractivity contribution in [2.24, 2.45) is 0 Å². The molecule has 25 heavy (non-hydrogen) atoms. The maximum absolute atomic E-state index is 12.8. The van der Waals surface area contributed by atoms with Gasteiger partial charge in [0.15, 0.2) is 0 Å². The van der Waals surface area contributed by atoms with Crippen LogP contribution in [0, 0.1) is 6.92 Å². The highest BCUT2D eigenvalue weighted by atomic mass is 19.4. The zero-order chi connectivity index (χ0) is 18.6. The van der Waals surface area contributed by atoms with Gasteiger partial charge in [-0.05, 0) is 75.6 Å². The molecule has 0 fully saturated rings. The molecule has 136 valence electrons. The van der Waals surface area contributed by atoms with Gasteiger partial charge in [-0.3, -0.25) is 0 Å². The molecule has 0 saturated heterocycles. The first-order valence-corrected chi connectivity index (χ1v) is 8.44. The third-order valence-corrected chi connectivity index (χ3v) is 3.74. The van der Waals surface area contributed by atoms with Crippen molar-refractivity contribution in [1.82, 2.24) is 0 Å². The number of anilines is 2. The summed E-state index contributed by atoms with van der Waals surface area (Å²) >= 11 is 0. The summed E-state index contributed by atoms with van der Waals surface area (Å²) in [5.41, 5.74) is 3.22. The second kappa shape index (κ2) is 7.81. The fraction of sp³-hybridized carbons (Fsp3) is 0.400. The number of alkyl halides is 3. The van der Waals surface area contributed by atoms with Gasteiger partial charge in [0, 0.05) is 23.5 Å². The van der Waals surface area contributed by atoms with E-state index in [1.54, 1.807) is 6.07 Å². The van der Waals surface area contributed by atoms with E-state index >= 15 is 0 Å². The Morgan fingerprint density at radius 3 is 2.28 bits per heavy atom. The number of aryl methyl sites for hydroxylation is 1. The zero-order valence-corrected chi connectivity index (χ0v) is 15.0. The van der Waals surface area contributed by atoms with E-state index in [0.717, 1.165) is 35.4 Å². The Morgan fingerprint density at radius 1 is 0.920 bits per heavy atom. The first-order valence-electron chi connectivity index (χ1n) is 8.44. The molecule has 2 N–H and O–H groups in total. The molecule has 0 aliphatic carbocycles. The summed E-state index contributed by atoms with van der Waals surface area (Å²) in [4.78, 5) is 0. The molecule has 2 nitrogen and oxygen atoms in total. The Morgan fingerprint density at radius 2 is 1.64 bits per heavy atom. The van der Waals surface area contributed by atoms with Gasteiger partial charge in [-0.2, -0.15) is 13.2 Å². The molecule has 1 atom stereocenters. The minimum Gasteiger partial charge on any atom is -0.383 e. The molecule has 0 saturated carbocycles. The third kappa shape index (κ3) is 6.00. The molecular formula is C20H25F3N2. The van der Waals surface area contributed by atoms with Gasteiger partial charge in [-0.1, -0.05) is 12.1 Å². The van der Waals surface area contributed by atoms with Crippen molar-refractivity contribution in [3.8, 4) is 0 Å². The minimum atomic E-state index is -4.32. The molecule has 2 rings (SSSR count). The number of halogens is 3. The number of hydrogen-bond acceptors (Lipinski definition) is 2. The molecule has 0 radical (unpaired) electrons. The van der Waals surface area contributed by atoms with Crippen LogP contribution in [-0.2, 0) is 12.6 Å². The van der Waals surface area contributed by atoms with Crippen molar-refractivity contribution in [2.45, 2.75) is 52.4 Å². The summed E-state index contributed by atoms with van der Waals surface area (Å²) in [6, 6.07) is 12.0. The lowest BCUT2D eigenvalue weighted by molar-refractivity contribution is -0.137. The average molecular weight is 350 g/mol. The SMILES string of the molecule is Cc1cc(CC(C)Nc2cccc(C(F)(F)F)c2)cc(NC(C)C)c1. The Labute approximate surface area is 147 Å². The molecule has 0 aliphatic heterocycles. The number of benzene rings is 2. The summed E-state index contributed by atoms with van der Waals surface area (Å²) in [5, 5.41) is 6.55. The summed E-state index contributed by atoms with van der Waals surface area (Å²) < 4.78 is 38.4. The fourth-order valence-electron chi connectivity index (χ4n) is 2.87. The lowest BCUT2D eigenvalue weighted by Gasteiger charge is -2.18. The molecule has 2 aromatic rings. The standard InChI is InChI=1S/C20H25F3N2/c1-13(2)24-19-9-14(3)8-16(11-19)10-15(4)25-18-7-5-6-17(12-18)20(21,22)23/h5-9,11-13,15,24-25H,10H2,1-4H3. The Balaban J connectivity index is 2.08. The highest BCUT2D eigenvalue weighted by Gasteiger charge is 2.30. The van der Waals surface area contributed by atoms with Crippen molar-refractivity contribution in [3.05, 3.63) is 59.2 Å². The van der Waals surface area contributed by atoms with E-state index in [2.05, 4.69) is 42.7 Å². The smallest absolute Gasteiger partial charge is 0.383 e. The van der Waals surface area contributed by atoms with E-state index in [0.29, 0.717) is 11.7 Å². The molecule has 0 spiro atoms. The highest BCUT2D eigenvalue weighted by molar-refractivity contribution is 5.50. The first kappa shape index (κ1) is 19.2. The van der Waals surface area contributed by atoms with Crippen LogP contribution in [0.4, 0.5) is 24.5 Å². The predicted molar refractivity (Wildman–Crippen MR) is 98.2 cm³/mol. The summed E-state index contributed by atoms with van der Waals surface area (Å²) in [6.45, 7) is 8.18. The molecular weight excluding hydrogens is 325 g/mol. The van der Waals surface area contributed by atoms with Gasteiger partial charge in [-0.15, -0.1) is 0 Å². The van der Waals surface area contributed by atoms with E-state index in [9.17, 15) is 13.2 Å². The number of nitrogens with one attached hydrogen (secondary N) is 2. The van der Waals surface area contributed by atoms with Crippen LogP contribution in [0.2, 0.25) is 0 Å². The Bertz CT molecular complexity index is 708. The van der Waals surface area contributed by atoms with Crippen molar-refractivity contribution >= 4 is 11.4 Å². The Hall–Kier alpha value is -2.17. The predicted octanol–water partition coefficient (Wildman–Crippen LogP) is 5.88. The highest BCUT2D eigenvalue weighted by Crippen LogP contribution is 2.31. The maximum atomic E-state index is 12.8. The van der Waals surface area contributed by atoms with Crippen LogP contribution >= 0.6 is 0 Å². The summed E-state index contributed by atoms with van der Waals surface area (Å²) in [5.74, 6) is 0. The molecule has 0 bridgehead atoms. The monoisotopic (exact) mass is 350 g/mol. The van der Waals surface area contributed by atoms with E-state index in [-0.39, 0.29) is 6.04 Å². The van der Waals surface area contributed by atoms with E-state index < -0.39 is 11.7 Å². The summed E-state index contributed by atoms with van der Waals surface area (Å²) in [7, 11) is 0. The average Bonchev–Trinajstić information content (AvgIpc) is 2.44. The molecule has 0 aromatic heterocycles. The minimum absolute atomic E-state index is 0.0113.